The lowest BCUT2D eigenvalue weighted by molar-refractivity contribution is -0.139. The molecule has 1 aliphatic carbocycles. The van der Waals surface area contributed by atoms with Gasteiger partial charge in [-0.15, -0.1) is 0 Å². The zero-order valence-electron chi connectivity index (χ0n) is 12.5. The summed E-state index contributed by atoms with van der Waals surface area (Å²) in [6, 6.07) is 5.08. The summed E-state index contributed by atoms with van der Waals surface area (Å²) in [5.74, 6) is -0.944. The van der Waals surface area contributed by atoms with Gasteiger partial charge in [0.1, 0.15) is 0 Å². The molecule has 0 fully saturated rings. The van der Waals surface area contributed by atoms with E-state index in [0.717, 1.165) is 11.1 Å². The van der Waals surface area contributed by atoms with E-state index >= 15 is 0 Å². The SMILES string of the molecule is CC(C)OC(=O)c1cccc2c1CC[C@@H]2N1C(=O)C=CC1=O. The van der Waals surface area contributed by atoms with Crippen LogP contribution in [0.3, 0.4) is 0 Å². The quantitative estimate of drug-likeness (QED) is 0.634. The highest BCUT2D eigenvalue weighted by Gasteiger charge is 2.37. The van der Waals surface area contributed by atoms with Gasteiger partial charge < -0.3 is 4.74 Å². The van der Waals surface area contributed by atoms with Crippen LogP contribution >= 0.6 is 0 Å². The van der Waals surface area contributed by atoms with Crippen molar-refractivity contribution in [2.24, 2.45) is 0 Å². The lowest BCUT2D eigenvalue weighted by Crippen LogP contribution is -2.33. The van der Waals surface area contributed by atoms with Crippen molar-refractivity contribution in [2.45, 2.75) is 38.8 Å². The molecule has 0 bridgehead atoms. The smallest absolute Gasteiger partial charge is 0.338 e. The van der Waals surface area contributed by atoms with E-state index in [0.29, 0.717) is 18.4 Å². The molecule has 0 spiro atoms. The molecule has 1 heterocycles. The van der Waals surface area contributed by atoms with Crippen molar-refractivity contribution >= 4 is 17.8 Å². The first-order valence-electron chi connectivity index (χ1n) is 7.37. The number of nitrogens with zero attached hydrogens (tertiary/aromatic N) is 1. The van der Waals surface area contributed by atoms with Gasteiger partial charge in [-0.1, -0.05) is 12.1 Å². The van der Waals surface area contributed by atoms with Gasteiger partial charge in [0, 0.05) is 12.2 Å². The zero-order valence-corrected chi connectivity index (χ0v) is 12.5. The van der Waals surface area contributed by atoms with Crippen LogP contribution in [0, 0.1) is 0 Å². The molecule has 2 amide bonds. The summed E-state index contributed by atoms with van der Waals surface area (Å²) in [6.45, 7) is 3.61. The highest BCUT2D eigenvalue weighted by Crippen LogP contribution is 2.39. The van der Waals surface area contributed by atoms with Gasteiger partial charge in [-0.05, 0) is 43.9 Å². The summed E-state index contributed by atoms with van der Waals surface area (Å²) < 4.78 is 5.27. The second kappa shape index (κ2) is 5.40. The van der Waals surface area contributed by atoms with Gasteiger partial charge in [-0.25, -0.2) is 4.79 Å². The summed E-state index contributed by atoms with van der Waals surface area (Å²) >= 11 is 0. The molecule has 0 saturated carbocycles. The number of hydrogen-bond acceptors (Lipinski definition) is 4. The topological polar surface area (TPSA) is 63.7 Å². The highest BCUT2D eigenvalue weighted by atomic mass is 16.5. The maximum absolute atomic E-state index is 12.2. The normalized spacial score (nSPS) is 20.0. The van der Waals surface area contributed by atoms with Crippen LogP contribution in [-0.2, 0) is 20.7 Å². The predicted octanol–water partition coefficient (Wildman–Crippen LogP) is 2.16. The van der Waals surface area contributed by atoms with Crippen LogP contribution in [0.25, 0.3) is 0 Å². The first kappa shape index (κ1) is 14.5. The molecule has 2 aliphatic rings. The van der Waals surface area contributed by atoms with Gasteiger partial charge in [0.05, 0.1) is 17.7 Å². The van der Waals surface area contributed by atoms with Crippen molar-refractivity contribution in [1.29, 1.82) is 0 Å². The third-order valence-corrected chi connectivity index (χ3v) is 3.96. The summed E-state index contributed by atoms with van der Waals surface area (Å²) in [4.78, 5) is 37.2. The molecular formula is C17H17NO4. The molecule has 22 heavy (non-hydrogen) atoms. The Hall–Kier alpha value is -2.43. The van der Waals surface area contributed by atoms with Crippen LogP contribution in [0.2, 0.25) is 0 Å². The maximum Gasteiger partial charge on any atom is 0.338 e. The molecule has 1 aliphatic heterocycles. The Morgan fingerprint density at radius 3 is 2.55 bits per heavy atom. The minimum Gasteiger partial charge on any atom is -0.459 e. The number of ether oxygens (including phenoxy) is 1. The number of rotatable bonds is 3. The lowest BCUT2D eigenvalue weighted by atomic mass is 10.0. The minimum absolute atomic E-state index is 0.188. The van der Waals surface area contributed by atoms with E-state index in [9.17, 15) is 14.4 Å². The van der Waals surface area contributed by atoms with E-state index in [-0.39, 0.29) is 29.9 Å². The van der Waals surface area contributed by atoms with Gasteiger partial charge in [0.15, 0.2) is 0 Å². The van der Waals surface area contributed by atoms with Crippen LogP contribution < -0.4 is 0 Å². The fourth-order valence-electron chi connectivity index (χ4n) is 3.09. The Kier molecular flexibility index (Phi) is 3.56. The summed E-state index contributed by atoms with van der Waals surface area (Å²) in [5.41, 5.74) is 2.27. The molecule has 3 rings (SSSR count). The number of benzene rings is 1. The summed E-state index contributed by atoms with van der Waals surface area (Å²) in [7, 11) is 0. The van der Waals surface area contributed by atoms with Crippen LogP contribution in [-0.4, -0.2) is 28.8 Å². The minimum atomic E-state index is -0.357. The molecule has 0 unspecified atom stereocenters. The van der Waals surface area contributed by atoms with E-state index in [1.807, 2.05) is 6.07 Å². The van der Waals surface area contributed by atoms with Crippen molar-refractivity contribution in [3.8, 4) is 0 Å². The Bertz CT molecular complexity index is 672. The Balaban J connectivity index is 1.94. The predicted molar refractivity (Wildman–Crippen MR) is 79.0 cm³/mol. The lowest BCUT2D eigenvalue weighted by Gasteiger charge is -2.23. The van der Waals surface area contributed by atoms with E-state index in [1.54, 1.807) is 26.0 Å². The highest BCUT2D eigenvalue weighted by molar-refractivity contribution is 6.13. The Labute approximate surface area is 128 Å². The number of fused-ring (bicyclic) bond motifs is 1. The van der Waals surface area contributed by atoms with Crippen molar-refractivity contribution in [2.75, 3.05) is 0 Å². The van der Waals surface area contributed by atoms with Crippen molar-refractivity contribution in [3.05, 3.63) is 47.0 Å². The number of carbonyl (C=O) groups excluding carboxylic acids is 3. The third kappa shape index (κ3) is 2.32. The fourth-order valence-corrected chi connectivity index (χ4v) is 3.09. The monoisotopic (exact) mass is 299 g/mol. The van der Waals surface area contributed by atoms with E-state index < -0.39 is 0 Å². The van der Waals surface area contributed by atoms with Crippen LogP contribution in [0.15, 0.2) is 30.4 Å². The number of hydrogen-bond donors (Lipinski definition) is 0. The van der Waals surface area contributed by atoms with E-state index in [1.165, 1.54) is 17.1 Å². The summed E-state index contributed by atoms with van der Waals surface area (Å²) in [6.07, 6.45) is 3.68. The molecule has 0 N–H and O–H groups in total. The van der Waals surface area contributed by atoms with Crippen LogP contribution in [0.1, 0.15) is 47.8 Å². The van der Waals surface area contributed by atoms with Gasteiger partial charge in [-0.3, -0.25) is 14.5 Å². The molecule has 0 aromatic heterocycles. The fraction of sp³-hybridized carbons (Fsp3) is 0.353. The second-order valence-corrected chi connectivity index (χ2v) is 5.76. The molecule has 0 saturated heterocycles. The van der Waals surface area contributed by atoms with E-state index in [4.69, 9.17) is 4.74 Å². The average molecular weight is 299 g/mol. The van der Waals surface area contributed by atoms with Crippen LogP contribution in [0.5, 0.6) is 0 Å². The number of esters is 1. The third-order valence-electron chi connectivity index (χ3n) is 3.96. The van der Waals surface area contributed by atoms with Gasteiger partial charge in [0.25, 0.3) is 11.8 Å². The largest absolute Gasteiger partial charge is 0.459 e. The second-order valence-electron chi connectivity index (χ2n) is 5.76. The molecule has 1 aromatic rings. The Morgan fingerprint density at radius 1 is 1.23 bits per heavy atom. The number of carbonyl (C=O) groups is 3. The first-order chi connectivity index (χ1) is 10.5. The van der Waals surface area contributed by atoms with Crippen molar-refractivity contribution in [3.63, 3.8) is 0 Å². The number of amides is 2. The van der Waals surface area contributed by atoms with Gasteiger partial charge in [0.2, 0.25) is 0 Å². The maximum atomic E-state index is 12.2. The van der Waals surface area contributed by atoms with Crippen molar-refractivity contribution in [1.82, 2.24) is 4.90 Å². The Morgan fingerprint density at radius 2 is 1.91 bits per heavy atom. The summed E-state index contributed by atoms with van der Waals surface area (Å²) in [5, 5.41) is 0. The van der Waals surface area contributed by atoms with E-state index in [2.05, 4.69) is 0 Å². The van der Waals surface area contributed by atoms with Crippen molar-refractivity contribution < 1.29 is 19.1 Å². The number of imide groups is 1. The standard InChI is InChI=1S/C17H17NO4/c1-10(2)22-17(21)13-5-3-4-12-11(13)6-7-14(12)18-15(19)8-9-16(18)20/h3-5,8-10,14H,6-7H2,1-2H3/t14-/m0/s1. The molecule has 1 atom stereocenters. The molecule has 5 heteroatoms. The first-order valence-corrected chi connectivity index (χ1v) is 7.37. The van der Waals surface area contributed by atoms with Gasteiger partial charge in [-0.2, -0.15) is 0 Å². The average Bonchev–Trinajstić information content (AvgIpc) is 3.01. The molecule has 5 nitrogen and oxygen atoms in total. The molecular weight excluding hydrogens is 282 g/mol. The zero-order chi connectivity index (χ0) is 15.9. The van der Waals surface area contributed by atoms with Gasteiger partial charge >= 0.3 is 5.97 Å². The molecule has 1 aromatic carbocycles. The molecule has 0 radical (unpaired) electrons. The van der Waals surface area contributed by atoms with Crippen LogP contribution in [0.4, 0.5) is 0 Å². The molecule has 114 valence electrons.